The molecule has 1 nitrogen and oxygen atoms in total. The van der Waals surface area contributed by atoms with Gasteiger partial charge in [0.1, 0.15) is 0 Å². The maximum Gasteiger partial charge on any atom is 0.0706 e. The maximum atomic E-state index is 3.99. The highest BCUT2D eigenvalue weighted by Gasteiger charge is 2.52. The Bertz CT molecular complexity index is 2360. The standard InChI is InChI=1S/C42H29N/c1-3-4-17-30-27(2)42(37-21-12-10-19-32(30)37)38-22-13-11-20-33(38)34-25-26-36-35-24-23-28-14-8-9-18-31(28)40(35)43(41(36)39(34)42)29-15-6-5-7-16-29/h3-26H,1H2,2H3/b17-4-. The van der Waals surface area contributed by atoms with Crippen LogP contribution >= 0.6 is 0 Å². The van der Waals surface area contributed by atoms with Gasteiger partial charge in [-0.1, -0.05) is 140 Å². The molecule has 0 amide bonds. The largest absolute Gasteiger partial charge is 0.308 e. The topological polar surface area (TPSA) is 4.93 Å². The van der Waals surface area contributed by atoms with Crippen molar-refractivity contribution in [2.45, 2.75) is 12.3 Å². The van der Waals surface area contributed by atoms with Crippen LogP contribution in [-0.4, -0.2) is 4.57 Å². The van der Waals surface area contributed by atoms with Gasteiger partial charge in [0.05, 0.1) is 16.4 Å². The van der Waals surface area contributed by atoms with Gasteiger partial charge in [0.25, 0.3) is 0 Å². The SMILES string of the molecule is C=C/C=C\C1=C(C)C2(c3ccccc31)c1ccccc1-c1ccc3c4ccc5ccccc5c4n(-c4ccccc4)c3c12. The van der Waals surface area contributed by atoms with Gasteiger partial charge in [-0.15, -0.1) is 0 Å². The summed E-state index contributed by atoms with van der Waals surface area (Å²) in [6.45, 7) is 6.33. The molecule has 0 bridgehead atoms. The fourth-order valence-electron chi connectivity index (χ4n) is 8.18. The number of allylic oxidation sites excluding steroid dienone is 5. The number of benzene rings is 6. The molecule has 9 rings (SSSR count). The minimum atomic E-state index is -0.417. The van der Waals surface area contributed by atoms with Crippen molar-refractivity contribution in [1.82, 2.24) is 4.57 Å². The summed E-state index contributed by atoms with van der Waals surface area (Å²) in [7, 11) is 0. The van der Waals surface area contributed by atoms with Crippen molar-refractivity contribution >= 4 is 38.2 Å². The lowest BCUT2D eigenvalue weighted by Crippen LogP contribution is -2.27. The van der Waals surface area contributed by atoms with Gasteiger partial charge < -0.3 is 4.57 Å². The van der Waals surface area contributed by atoms with Gasteiger partial charge >= 0.3 is 0 Å². The summed E-state index contributed by atoms with van der Waals surface area (Å²) < 4.78 is 2.55. The average molecular weight is 548 g/mol. The molecule has 202 valence electrons. The van der Waals surface area contributed by atoms with E-state index in [2.05, 4.69) is 158 Å². The normalized spacial score (nSPS) is 17.0. The summed E-state index contributed by atoms with van der Waals surface area (Å²) in [5.41, 5.74) is 14.0. The van der Waals surface area contributed by atoms with Gasteiger partial charge in [0.15, 0.2) is 0 Å². The third-order valence-corrected chi connectivity index (χ3v) is 9.81. The monoisotopic (exact) mass is 547 g/mol. The van der Waals surface area contributed by atoms with Gasteiger partial charge in [0, 0.05) is 27.4 Å². The fourth-order valence-corrected chi connectivity index (χ4v) is 8.18. The van der Waals surface area contributed by atoms with Crippen molar-refractivity contribution in [3.05, 3.63) is 180 Å². The van der Waals surface area contributed by atoms with E-state index in [9.17, 15) is 0 Å². The van der Waals surface area contributed by atoms with Crippen LogP contribution < -0.4 is 0 Å². The van der Waals surface area contributed by atoms with E-state index in [0.717, 1.165) is 0 Å². The number of rotatable bonds is 3. The second kappa shape index (κ2) is 8.80. The van der Waals surface area contributed by atoms with Crippen LogP contribution in [0.5, 0.6) is 0 Å². The summed E-state index contributed by atoms with van der Waals surface area (Å²) in [6, 6.07) is 47.1. The third-order valence-electron chi connectivity index (χ3n) is 9.81. The molecular weight excluding hydrogens is 518 g/mol. The van der Waals surface area contributed by atoms with Crippen molar-refractivity contribution in [3.63, 3.8) is 0 Å². The Balaban J connectivity index is 1.57. The third kappa shape index (κ3) is 2.96. The van der Waals surface area contributed by atoms with Crippen molar-refractivity contribution in [1.29, 1.82) is 0 Å². The molecule has 2 aliphatic rings. The average Bonchev–Trinajstić information content (AvgIpc) is 3.65. The van der Waals surface area contributed by atoms with E-state index in [0.29, 0.717) is 0 Å². The predicted octanol–water partition coefficient (Wildman–Crippen LogP) is 10.8. The van der Waals surface area contributed by atoms with Gasteiger partial charge in [-0.2, -0.15) is 0 Å². The first kappa shape index (κ1) is 24.2. The Morgan fingerprint density at radius 3 is 2.05 bits per heavy atom. The second-order valence-corrected chi connectivity index (χ2v) is 11.7. The molecule has 0 fully saturated rings. The van der Waals surface area contributed by atoms with Crippen LogP contribution in [0.2, 0.25) is 0 Å². The number of hydrogen-bond donors (Lipinski definition) is 0. The lowest BCUT2D eigenvalue weighted by molar-refractivity contribution is 0.770. The summed E-state index contributed by atoms with van der Waals surface area (Å²) in [4.78, 5) is 0. The van der Waals surface area contributed by atoms with Gasteiger partial charge in [-0.3, -0.25) is 0 Å². The molecule has 2 aliphatic carbocycles. The molecule has 1 atom stereocenters. The van der Waals surface area contributed by atoms with Crippen LogP contribution in [0.3, 0.4) is 0 Å². The van der Waals surface area contributed by atoms with E-state index in [-0.39, 0.29) is 0 Å². The summed E-state index contributed by atoms with van der Waals surface area (Å²) in [5, 5.41) is 5.10. The van der Waals surface area contributed by atoms with Crippen LogP contribution in [0.4, 0.5) is 0 Å². The molecule has 1 unspecified atom stereocenters. The van der Waals surface area contributed by atoms with Gasteiger partial charge in [0.2, 0.25) is 0 Å². The molecule has 0 saturated carbocycles. The summed E-state index contributed by atoms with van der Waals surface area (Å²) in [5.74, 6) is 0. The summed E-state index contributed by atoms with van der Waals surface area (Å²) in [6.07, 6.45) is 6.20. The van der Waals surface area contributed by atoms with Crippen LogP contribution in [0.15, 0.2) is 158 Å². The Kier molecular flexibility index (Phi) is 4.96. The quantitative estimate of drug-likeness (QED) is 0.194. The highest BCUT2D eigenvalue weighted by atomic mass is 15.0. The van der Waals surface area contributed by atoms with Crippen molar-refractivity contribution in [2.75, 3.05) is 0 Å². The van der Waals surface area contributed by atoms with E-state index in [1.165, 1.54) is 82.8 Å². The number of nitrogens with zero attached hydrogens (tertiary/aromatic N) is 1. The van der Waals surface area contributed by atoms with Crippen molar-refractivity contribution < 1.29 is 0 Å². The van der Waals surface area contributed by atoms with E-state index >= 15 is 0 Å². The van der Waals surface area contributed by atoms with Crippen LogP contribution in [-0.2, 0) is 5.41 Å². The zero-order valence-electron chi connectivity index (χ0n) is 24.0. The van der Waals surface area contributed by atoms with Crippen molar-refractivity contribution in [3.8, 4) is 16.8 Å². The lowest BCUT2D eigenvalue weighted by atomic mass is 9.69. The number of hydrogen-bond acceptors (Lipinski definition) is 0. The molecule has 6 aromatic carbocycles. The van der Waals surface area contributed by atoms with Crippen LogP contribution in [0.25, 0.3) is 55.0 Å². The fraction of sp³-hybridized carbons (Fsp3) is 0.0476. The molecule has 0 N–H and O–H groups in total. The molecule has 1 heteroatoms. The predicted molar refractivity (Wildman–Crippen MR) is 182 cm³/mol. The Labute approximate surface area is 251 Å². The highest BCUT2D eigenvalue weighted by molar-refractivity contribution is 6.21. The Hall–Kier alpha value is -5.40. The number of fused-ring (bicyclic) bond motifs is 13. The zero-order valence-corrected chi connectivity index (χ0v) is 24.0. The van der Waals surface area contributed by atoms with E-state index in [1.807, 2.05) is 6.08 Å². The molecule has 1 aromatic heterocycles. The van der Waals surface area contributed by atoms with Crippen LogP contribution in [0.1, 0.15) is 29.2 Å². The number of para-hydroxylation sites is 1. The van der Waals surface area contributed by atoms with E-state index in [1.54, 1.807) is 0 Å². The lowest BCUT2D eigenvalue weighted by Gasteiger charge is -2.32. The smallest absolute Gasteiger partial charge is 0.0706 e. The minimum absolute atomic E-state index is 0.417. The van der Waals surface area contributed by atoms with E-state index in [4.69, 9.17) is 0 Å². The molecule has 0 radical (unpaired) electrons. The first-order chi connectivity index (χ1) is 21.2. The first-order valence-electron chi connectivity index (χ1n) is 15.0. The Morgan fingerprint density at radius 1 is 0.581 bits per heavy atom. The molecule has 7 aromatic rings. The molecule has 0 aliphatic heterocycles. The van der Waals surface area contributed by atoms with Gasteiger partial charge in [-0.05, 0) is 63.4 Å². The van der Waals surface area contributed by atoms with Crippen LogP contribution in [0, 0.1) is 0 Å². The summed E-state index contributed by atoms with van der Waals surface area (Å²) >= 11 is 0. The molecule has 1 spiro atoms. The molecule has 43 heavy (non-hydrogen) atoms. The van der Waals surface area contributed by atoms with Crippen molar-refractivity contribution in [2.24, 2.45) is 0 Å². The molecule has 1 heterocycles. The maximum absolute atomic E-state index is 3.99. The van der Waals surface area contributed by atoms with E-state index < -0.39 is 5.41 Å². The second-order valence-electron chi connectivity index (χ2n) is 11.7. The minimum Gasteiger partial charge on any atom is -0.308 e. The molecular formula is C42H29N. The Morgan fingerprint density at radius 2 is 1.23 bits per heavy atom. The zero-order chi connectivity index (χ0) is 28.7. The first-order valence-corrected chi connectivity index (χ1v) is 15.0. The molecule has 0 saturated heterocycles. The highest BCUT2D eigenvalue weighted by Crippen LogP contribution is 2.63. The number of aromatic nitrogens is 1. The van der Waals surface area contributed by atoms with Gasteiger partial charge in [-0.25, -0.2) is 0 Å².